The molecule has 1 aromatic rings. The average molecular weight is 274 g/mol. The first kappa shape index (κ1) is 13.9. The minimum absolute atomic E-state index is 0.744. The molecule has 2 fully saturated rings. The fourth-order valence-corrected chi connectivity index (χ4v) is 3.09. The number of rotatable bonds is 6. The normalized spacial score (nSPS) is 20.4. The summed E-state index contributed by atoms with van der Waals surface area (Å²) in [6.07, 6.45) is 5.20. The van der Waals surface area contributed by atoms with E-state index >= 15 is 0 Å². The Kier molecular flexibility index (Phi) is 4.58. The summed E-state index contributed by atoms with van der Waals surface area (Å²) in [4.78, 5) is 2.55. The van der Waals surface area contributed by atoms with Crippen molar-refractivity contribution in [3.8, 4) is 0 Å². The van der Waals surface area contributed by atoms with Gasteiger partial charge in [0.15, 0.2) is 0 Å². The van der Waals surface area contributed by atoms with E-state index in [1.165, 1.54) is 36.9 Å². The summed E-state index contributed by atoms with van der Waals surface area (Å²) < 4.78 is 5.29. The number of methoxy groups -OCH3 is 1. The van der Waals surface area contributed by atoms with Gasteiger partial charge in [0.05, 0.1) is 0 Å². The number of nitrogens with one attached hydrogen (secondary N) is 1. The quantitative estimate of drug-likeness (QED) is 0.863. The Labute approximate surface area is 122 Å². The van der Waals surface area contributed by atoms with Crippen molar-refractivity contribution in [3.63, 3.8) is 0 Å². The van der Waals surface area contributed by atoms with Crippen molar-refractivity contribution in [1.29, 1.82) is 0 Å². The van der Waals surface area contributed by atoms with Crippen LogP contribution in [0.15, 0.2) is 24.3 Å². The lowest BCUT2D eigenvalue weighted by Gasteiger charge is -2.34. The van der Waals surface area contributed by atoms with Crippen LogP contribution in [0.2, 0.25) is 0 Å². The van der Waals surface area contributed by atoms with Crippen LogP contribution in [0.3, 0.4) is 0 Å². The summed E-state index contributed by atoms with van der Waals surface area (Å²) in [5.74, 6) is 0.744. The van der Waals surface area contributed by atoms with Crippen molar-refractivity contribution < 1.29 is 4.74 Å². The number of hydrogen-bond donors (Lipinski definition) is 1. The second-order valence-corrected chi connectivity index (χ2v) is 6.17. The Morgan fingerprint density at radius 2 is 1.90 bits per heavy atom. The van der Waals surface area contributed by atoms with Gasteiger partial charge in [-0.1, -0.05) is 18.2 Å². The zero-order chi connectivity index (χ0) is 13.8. The smallest absolute Gasteiger partial charge is 0.0491 e. The van der Waals surface area contributed by atoms with E-state index in [1.54, 1.807) is 0 Å². The minimum atomic E-state index is 0.744. The van der Waals surface area contributed by atoms with E-state index in [0.717, 1.165) is 38.2 Å². The van der Waals surface area contributed by atoms with Crippen molar-refractivity contribution in [2.75, 3.05) is 31.7 Å². The van der Waals surface area contributed by atoms with E-state index in [9.17, 15) is 0 Å². The zero-order valence-corrected chi connectivity index (χ0v) is 12.5. The van der Waals surface area contributed by atoms with E-state index in [0.29, 0.717) is 0 Å². The van der Waals surface area contributed by atoms with Gasteiger partial charge in [0.1, 0.15) is 0 Å². The lowest BCUT2D eigenvalue weighted by molar-refractivity contribution is 0.139. The monoisotopic (exact) mass is 274 g/mol. The lowest BCUT2D eigenvalue weighted by atomic mass is 9.96. The molecule has 3 rings (SSSR count). The maximum atomic E-state index is 5.29. The highest BCUT2D eigenvalue weighted by Crippen LogP contribution is 2.27. The Hall–Kier alpha value is -1.06. The Morgan fingerprint density at radius 1 is 1.15 bits per heavy atom. The Bertz CT molecular complexity index is 423. The molecule has 2 aliphatic rings. The first-order chi connectivity index (χ1) is 9.86. The number of benzene rings is 1. The second kappa shape index (κ2) is 6.59. The molecule has 0 amide bonds. The van der Waals surface area contributed by atoms with Crippen LogP contribution < -0.4 is 10.2 Å². The van der Waals surface area contributed by atoms with Gasteiger partial charge in [-0.3, -0.25) is 0 Å². The summed E-state index contributed by atoms with van der Waals surface area (Å²) in [5.41, 5.74) is 2.88. The molecule has 1 aliphatic carbocycles. The number of nitrogens with zero attached hydrogens (tertiary/aromatic N) is 1. The molecule has 1 aliphatic heterocycles. The maximum absolute atomic E-state index is 5.29. The molecule has 1 N–H and O–H groups in total. The zero-order valence-electron chi connectivity index (χ0n) is 12.5. The molecule has 0 atom stereocenters. The summed E-state index contributed by atoms with van der Waals surface area (Å²) in [6.45, 7) is 4.25. The molecule has 3 nitrogen and oxygen atoms in total. The van der Waals surface area contributed by atoms with Gasteiger partial charge in [0.2, 0.25) is 0 Å². The second-order valence-electron chi connectivity index (χ2n) is 6.17. The topological polar surface area (TPSA) is 24.5 Å². The van der Waals surface area contributed by atoms with Crippen molar-refractivity contribution in [2.24, 2.45) is 5.92 Å². The number of anilines is 1. The highest BCUT2D eigenvalue weighted by Gasteiger charge is 2.23. The third kappa shape index (κ3) is 3.53. The molecule has 1 heterocycles. The molecule has 3 heteroatoms. The third-order valence-corrected chi connectivity index (χ3v) is 4.51. The number of ether oxygens (including phenoxy) is 1. The number of para-hydroxylation sites is 1. The fourth-order valence-electron chi connectivity index (χ4n) is 3.09. The van der Waals surface area contributed by atoms with Gasteiger partial charge in [-0.25, -0.2) is 0 Å². The van der Waals surface area contributed by atoms with Crippen LogP contribution in [0, 0.1) is 5.92 Å². The molecule has 1 saturated carbocycles. The van der Waals surface area contributed by atoms with Crippen LogP contribution in [-0.4, -0.2) is 32.8 Å². The van der Waals surface area contributed by atoms with Crippen LogP contribution in [0.25, 0.3) is 0 Å². The maximum Gasteiger partial charge on any atom is 0.0491 e. The van der Waals surface area contributed by atoms with Crippen LogP contribution in [0.4, 0.5) is 5.69 Å². The molecule has 1 aromatic carbocycles. The molecule has 0 aromatic heterocycles. The average Bonchev–Trinajstić information content (AvgIpc) is 3.31. The van der Waals surface area contributed by atoms with E-state index in [1.807, 2.05) is 7.11 Å². The largest absolute Gasteiger partial charge is 0.384 e. The molecule has 1 saturated heterocycles. The molecule has 0 unspecified atom stereocenters. The van der Waals surface area contributed by atoms with Crippen LogP contribution in [0.5, 0.6) is 0 Å². The summed E-state index contributed by atoms with van der Waals surface area (Å²) >= 11 is 0. The molecule has 0 radical (unpaired) electrons. The Morgan fingerprint density at radius 3 is 2.60 bits per heavy atom. The van der Waals surface area contributed by atoms with Gasteiger partial charge in [0.25, 0.3) is 0 Å². The first-order valence-corrected chi connectivity index (χ1v) is 7.92. The highest BCUT2D eigenvalue weighted by molar-refractivity contribution is 5.54. The molecule has 20 heavy (non-hydrogen) atoms. The van der Waals surface area contributed by atoms with Gasteiger partial charge >= 0.3 is 0 Å². The molecule has 110 valence electrons. The predicted octanol–water partition coefficient (Wildman–Crippen LogP) is 2.80. The van der Waals surface area contributed by atoms with Crippen LogP contribution in [-0.2, 0) is 11.3 Å². The first-order valence-electron chi connectivity index (χ1n) is 7.92. The van der Waals surface area contributed by atoms with Crippen molar-refractivity contribution >= 4 is 5.69 Å². The molecule has 0 spiro atoms. The van der Waals surface area contributed by atoms with Gasteiger partial charge in [-0.2, -0.15) is 0 Å². The van der Waals surface area contributed by atoms with Gasteiger partial charge in [-0.15, -0.1) is 0 Å². The predicted molar refractivity (Wildman–Crippen MR) is 83.1 cm³/mol. The van der Waals surface area contributed by atoms with Crippen LogP contribution >= 0.6 is 0 Å². The number of piperidine rings is 1. The third-order valence-electron chi connectivity index (χ3n) is 4.51. The van der Waals surface area contributed by atoms with E-state index in [4.69, 9.17) is 4.74 Å². The van der Waals surface area contributed by atoms with Gasteiger partial charge in [-0.05, 0) is 43.2 Å². The summed E-state index contributed by atoms with van der Waals surface area (Å²) in [7, 11) is 1.81. The SMILES string of the molecule is COCC1CCN(c2ccccc2CNC2CC2)CC1. The van der Waals surface area contributed by atoms with Crippen molar-refractivity contribution in [2.45, 2.75) is 38.3 Å². The lowest BCUT2D eigenvalue weighted by Crippen LogP contribution is -2.35. The van der Waals surface area contributed by atoms with Gasteiger partial charge in [0, 0.05) is 45.1 Å². The van der Waals surface area contributed by atoms with E-state index in [2.05, 4.69) is 34.5 Å². The minimum Gasteiger partial charge on any atom is -0.384 e. The molecule has 0 bridgehead atoms. The summed E-state index contributed by atoms with van der Waals surface area (Å²) in [6, 6.07) is 9.64. The fraction of sp³-hybridized carbons (Fsp3) is 0.647. The van der Waals surface area contributed by atoms with Crippen LogP contribution in [0.1, 0.15) is 31.2 Å². The van der Waals surface area contributed by atoms with Crippen molar-refractivity contribution in [3.05, 3.63) is 29.8 Å². The number of hydrogen-bond acceptors (Lipinski definition) is 3. The van der Waals surface area contributed by atoms with E-state index < -0.39 is 0 Å². The highest BCUT2D eigenvalue weighted by atomic mass is 16.5. The standard InChI is InChI=1S/C17H26N2O/c1-20-13-14-8-10-19(11-9-14)17-5-3-2-4-15(17)12-18-16-6-7-16/h2-5,14,16,18H,6-13H2,1H3. The van der Waals surface area contributed by atoms with Gasteiger partial charge < -0.3 is 15.0 Å². The van der Waals surface area contributed by atoms with Crippen molar-refractivity contribution in [1.82, 2.24) is 5.32 Å². The summed E-state index contributed by atoms with van der Waals surface area (Å²) in [5, 5.41) is 3.63. The molecular formula is C17H26N2O. The Balaban J connectivity index is 1.61. The van der Waals surface area contributed by atoms with E-state index in [-0.39, 0.29) is 0 Å². The molecular weight excluding hydrogens is 248 g/mol.